The lowest BCUT2D eigenvalue weighted by Gasteiger charge is -2.12. The number of aromatic nitrogens is 1. The highest BCUT2D eigenvalue weighted by atomic mass is 32.2. The first kappa shape index (κ1) is 11.8. The van der Waals surface area contributed by atoms with Gasteiger partial charge in [0.15, 0.2) is 0 Å². The van der Waals surface area contributed by atoms with E-state index in [-0.39, 0.29) is 11.2 Å². The lowest BCUT2D eigenvalue weighted by molar-refractivity contribution is -0.120. The summed E-state index contributed by atoms with van der Waals surface area (Å²) in [5.74, 6) is 4.86. The summed E-state index contributed by atoms with van der Waals surface area (Å²) in [7, 11) is 0. The maximum absolute atomic E-state index is 11.3. The first-order chi connectivity index (χ1) is 7.19. The molecule has 1 amide bonds. The maximum Gasteiger partial charge on any atom is 0.247 e. The average Bonchev–Trinajstić information content (AvgIpc) is 2.27. The quantitative estimate of drug-likeness (QED) is 0.301. The number of thioether (sulfide) groups is 1. The van der Waals surface area contributed by atoms with E-state index in [1.54, 1.807) is 18.3 Å². The molecule has 0 saturated carbocycles. The summed E-state index contributed by atoms with van der Waals surface area (Å²) < 4.78 is 0. The fraction of sp³-hybridized carbons (Fsp3) is 0.333. The molecule has 0 aromatic carbocycles. The first-order valence-electron chi connectivity index (χ1n) is 4.56. The summed E-state index contributed by atoms with van der Waals surface area (Å²) in [6.45, 7) is 1.91. The minimum atomic E-state index is -0.257. The Balaban J connectivity index is 2.75. The molecule has 1 heterocycles. The van der Waals surface area contributed by atoms with Crippen LogP contribution >= 0.6 is 11.8 Å². The molecule has 0 aliphatic carbocycles. The third kappa shape index (κ3) is 3.10. The number of rotatable bonds is 4. The van der Waals surface area contributed by atoms with Crippen LogP contribution in [0, 0.1) is 0 Å². The van der Waals surface area contributed by atoms with Crippen molar-refractivity contribution in [3.8, 4) is 0 Å². The van der Waals surface area contributed by atoms with E-state index in [1.807, 2.05) is 6.92 Å². The number of nitrogens with one attached hydrogen (secondary N) is 1. The van der Waals surface area contributed by atoms with E-state index in [0.717, 1.165) is 0 Å². The van der Waals surface area contributed by atoms with Gasteiger partial charge in [-0.3, -0.25) is 10.2 Å². The molecule has 0 radical (unpaired) electrons. The Morgan fingerprint density at radius 3 is 3.00 bits per heavy atom. The summed E-state index contributed by atoms with van der Waals surface area (Å²) in [5.41, 5.74) is 8.42. The lowest BCUT2D eigenvalue weighted by Crippen LogP contribution is -2.37. The van der Waals surface area contributed by atoms with Gasteiger partial charge in [-0.25, -0.2) is 10.8 Å². The largest absolute Gasteiger partial charge is 0.397 e. The minimum Gasteiger partial charge on any atom is -0.397 e. The van der Waals surface area contributed by atoms with E-state index >= 15 is 0 Å². The topological polar surface area (TPSA) is 94.0 Å². The van der Waals surface area contributed by atoms with Gasteiger partial charge in [-0.2, -0.15) is 0 Å². The molecule has 1 aromatic heterocycles. The molecular weight excluding hydrogens is 212 g/mol. The molecule has 82 valence electrons. The maximum atomic E-state index is 11.3. The molecule has 0 bridgehead atoms. The van der Waals surface area contributed by atoms with Gasteiger partial charge in [0.2, 0.25) is 5.91 Å². The number of hydrazine groups is 1. The highest BCUT2D eigenvalue weighted by Crippen LogP contribution is 2.27. The highest BCUT2D eigenvalue weighted by Gasteiger charge is 2.18. The number of nitrogens with two attached hydrogens (primary N) is 2. The number of amides is 1. The van der Waals surface area contributed by atoms with Gasteiger partial charge in [-0.1, -0.05) is 18.7 Å². The minimum absolute atomic E-state index is 0.215. The van der Waals surface area contributed by atoms with Gasteiger partial charge in [0, 0.05) is 6.20 Å². The molecule has 0 fully saturated rings. The molecule has 1 unspecified atom stereocenters. The van der Waals surface area contributed by atoms with Gasteiger partial charge >= 0.3 is 0 Å². The Bertz CT molecular complexity index is 345. The second-order valence-corrected chi connectivity index (χ2v) is 4.11. The monoisotopic (exact) mass is 226 g/mol. The Hall–Kier alpha value is -1.27. The predicted octanol–water partition coefficient (Wildman–Crippen LogP) is 0.524. The Morgan fingerprint density at radius 2 is 2.47 bits per heavy atom. The normalized spacial score (nSPS) is 12.1. The molecule has 5 nitrogen and oxygen atoms in total. The van der Waals surface area contributed by atoms with Crippen LogP contribution < -0.4 is 17.0 Å². The molecule has 0 saturated heterocycles. The summed E-state index contributed by atoms with van der Waals surface area (Å²) >= 11 is 1.32. The second kappa shape index (κ2) is 5.57. The lowest BCUT2D eigenvalue weighted by atomic mass is 10.3. The molecule has 15 heavy (non-hydrogen) atoms. The number of nitrogen functional groups attached to an aromatic ring is 1. The smallest absolute Gasteiger partial charge is 0.247 e. The van der Waals surface area contributed by atoms with E-state index in [9.17, 15) is 4.79 Å². The van der Waals surface area contributed by atoms with Crippen molar-refractivity contribution < 1.29 is 4.79 Å². The van der Waals surface area contributed by atoms with Crippen molar-refractivity contribution in [1.29, 1.82) is 0 Å². The fourth-order valence-electron chi connectivity index (χ4n) is 1.05. The third-order valence-electron chi connectivity index (χ3n) is 1.86. The van der Waals surface area contributed by atoms with Crippen molar-refractivity contribution in [2.24, 2.45) is 5.84 Å². The summed E-state index contributed by atoms with van der Waals surface area (Å²) in [6, 6.07) is 3.51. The number of carbonyl (C=O) groups is 1. The average molecular weight is 226 g/mol. The number of hydrogen-bond donors (Lipinski definition) is 3. The van der Waals surface area contributed by atoms with Crippen LogP contribution in [-0.4, -0.2) is 16.1 Å². The van der Waals surface area contributed by atoms with Gasteiger partial charge in [0.1, 0.15) is 5.03 Å². The molecule has 1 aromatic rings. The molecule has 1 atom stereocenters. The summed E-state index contributed by atoms with van der Waals surface area (Å²) in [5, 5.41) is 0.403. The van der Waals surface area contributed by atoms with E-state index in [1.165, 1.54) is 11.8 Å². The standard InChI is InChI=1S/C9H14N4OS/c1-2-7(8(14)13-11)15-9-6(10)4-3-5-12-9/h3-5,7H,2,10-11H2,1H3,(H,13,14). The van der Waals surface area contributed by atoms with Gasteiger partial charge in [0.25, 0.3) is 0 Å². The van der Waals surface area contributed by atoms with Crippen LogP contribution in [-0.2, 0) is 4.79 Å². The fourth-order valence-corrected chi connectivity index (χ4v) is 1.99. The van der Waals surface area contributed by atoms with Crippen molar-refractivity contribution in [2.45, 2.75) is 23.6 Å². The van der Waals surface area contributed by atoms with Crippen LogP contribution in [0.2, 0.25) is 0 Å². The number of pyridine rings is 1. The SMILES string of the molecule is CCC(Sc1ncccc1N)C(=O)NN. The van der Waals surface area contributed by atoms with E-state index in [0.29, 0.717) is 17.1 Å². The Labute approximate surface area is 92.6 Å². The zero-order chi connectivity index (χ0) is 11.3. The van der Waals surface area contributed by atoms with Crippen LogP contribution in [0.4, 0.5) is 5.69 Å². The van der Waals surface area contributed by atoms with E-state index in [2.05, 4.69) is 10.4 Å². The molecular formula is C9H14N4OS. The number of anilines is 1. The van der Waals surface area contributed by atoms with Gasteiger partial charge in [-0.05, 0) is 18.6 Å². The third-order valence-corrected chi connectivity index (χ3v) is 3.26. The first-order valence-corrected chi connectivity index (χ1v) is 5.44. The number of nitrogens with zero attached hydrogens (tertiary/aromatic N) is 1. The molecule has 5 N–H and O–H groups in total. The van der Waals surface area contributed by atoms with Crippen molar-refractivity contribution in [3.05, 3.63) is 18.3 Å². The molecule has 0 spiro atoms. The van der Waals surface area contributed by atoms with Crippen molar-refractivity contribution in [1.82, 2.24) is 10.4 Å². The van der Waals surface area contributed by atoms with Crippen LogP contribution in [0.25, 0.3) is 0 Å². The van der Waals surface area contributed by atoms with Gasteiger partial charge < -0.3 is 5.73 Å². The van der Waals surface area contributed by atoms with Crippen LogP contribution in [0.5, 0.6) is 0 Å². The van der Waals surface area contributed by atoms with Crippen molar-refractivity contribution in [3.63, 3.8) is 0 Å². The van der Waals surface area contributed by atoms with E-state index < -0.39 is 0 Å². The van der Waals surface area contributed by atoms with Gasteiger partial charge in [-0.15, -0.1) is 0 Å². The molecule has 1 rings (SSSR count). The van der Waals surface area contributed by atoms with Crippen LogP contribution in [0.15, 0.2) is 23.4 Å². The highest BCUT2D eigenvalue weighted by molar-refractivity contribution is 8.00. The Kier molecular flexibility index (Phi) is 4.38. The Morgan fingerprint density at radius 1 is 1.73 bits per heavy atom. The summed E-state index contributed by atoms with van der Waals surface area (Å²) in [4.78, 5) is 15.4. The zero-order valence-corrected chi connectivity index (χ0v) is 9.25. The molecule has 6 heteroatoms. The molecule has 0 aliphatic rings. The van der Waals surface area contributed by atoms with Crippen molar-refractivity contribution in [2.75, 3.05) is 5.73 Å². The van der Waals surface area contributed by atoms with Crippen LogP contribution in [0.1, 0.15) is 13.3 Å². The second-order valence-electron chi connectivity index (χ2n) is 2.92. The van der Waals surface area contributed by atoms with Crippen LogP contribution in [0.3, 0.4) is 0 Å². The summed E-state index contributed by atoms with van der Waals surface area (Å²) in [6.07, 6.45) is 2.31. The van der Waals surface area contributed by atoms with Crippen molar-refractivity contribution >= 4 is 23.4 Å². The number of hydrogen-bond acceptors (Lipinski definition) is 5. The van der Waals surface area contributed by atoms with E-state index in [4.69, 9.17) is 11.6 Å². The molecule has 0 aliphatic heterocycles. The number of carbonyl (C=O) groups excluding carboxylic acids is 1. The zero-order valence-electron chi connectivity index (χ0n) is 8.43. The predicted molar refractivity (Wildman–Crippen MR) is 60.9 cm³/mol. The van der Waals surface area contributed by atoms with Gasteiger partial charge in [0.05, 0.1) is 10.9 Å².